The standard InChI is InChI=1S/C20H23ClN2O2/c1-14(17-7-5-6-8-18(17)21)22-23-19(24)13-25-16-11-9-15(10-12-16)20(2,3)4/h5-12H,13H2,1-4H3,(H,23,24)/b22-14-. The first-order chi connectivity index (χ1) is 11.8. The summed E-state index contributed by atoms with van der Waals surface area (Å²) >= 11 is 6.10. The van der Waals surface area contributed by atoms with Gasteiger partial charge in [-0.15, -0.1) is 0 Å². The van der Waals surface area contributed by atoms with Crippen LogP contribution in [-0.2, 0) is 10.2 Å². The van der Waals surface area contributed by atoms with Gasteiger partial charge in [0.05, 0.1) is 5.71 Å². The molecule has 0 radical (unpaired) electrons. The Labute approximate surface area is 153 Å². The van der Waals surface area contributed by atoms with Crippen LogP contribution in [0.5, 0.6) is 5.75 Å². The number of carbonyl (C=O) groups excluding carboxylic acids is 1. The van der Waals surface area contributed by atoms with E-state index >= 15 is 0 Å². The molecule has 0 aromatic heterocycles. The summed E-state index contributed by atoms with van der Waals surface area (Å²) in [7, 11) is 0. The normalized spacial score (nSPS) is 12.0. The van der Waals surface area contributed by atoms with Crippen molar-refractivity contribution in [1.29, 1.82) is 0 Å². The molecule has 0 aliphatic heterocycles. The number of halogens is 1. The van der Waals surface area contributed by atoms with Crippen molar-refractivity contribution < 1.29 is 9.53 Å². The van der Waals surface area contributed by atoms with Crippen molar-refractivity contribution in [3.05, 3.63) is 64.7 Å². The Kier molecular flexibility index (Phi) is 6.21. The Morgan fingerprint density at radius 1 is 1.12 bits per heavy atom. The van der Waals surface area contributed by atoms with Gasteiger partial charge < -0.3 is 4.74 Å². The molecule has 0 fully saturated rings. The summed E-state index contributed by atoms with van der Waals surface area (Å²) in [4.78, 5) is 11.9. The molecule has 1 N–H and O–H groups in total. The van der Waals surface area contributed by atoms with Gasteiger partial charge in [-0.1, -0.05) is 62.7 Å². The van der Waals surface area contributed by atoms with Gasteiger partial charge in [0.25, 0.3) is 5.91 Å². The molecule has 2 aromatic carbocycles. The van der Waals surface area contributed by atoms with Crippen molar-refractivity contribution in [3.8, 4) is 5.75 Å². The second kappa shape index (κ2) is 8.17. The molecule has 0 saturated carbocycles. The zero-order chi connectivity index (χ0) is 18.4. The molecular weight excluding hydrogens is 336 g/mol. The van der Waals surface area contributed by atoms with Crippen molar-refractivity contribution in [3.63, 3.8) is 0 Å². The minimum Gasteiger partial charge on any atom is -0.484 e. The predicted octanol–water partition coefficient (Wildman–Crippen LogP) is 4.56. The molecule has 0 aliphatic carbocycles. The Balaban J connectivity index is 1.88. The van der Waals surface area contributed by atoms with E-state index < -0.39 is 0 Å². The highest BCUT2D eigenvalue weighted by atomic mass is 35.5. The number of hydrazone groups is 1. The number of nitrogens with zero attached hydrogens (tertiary/aromatic N) is 1. The van der Waals surface area contributed by atoms with Crippen molar-refractivity contribution in [2.75, 3.05) is 6.61 Å². The third kappa shape index (κ3) is 5.61. The number of hydrogen-bond donors (Lipinski definition) is 1. The molecule has 4 nitrogen and oxygen atoms in total. The Hall–Kier alpha value is -2.33. The topological polar surface area (TPSA) is 50.7 Å². The highest BCUT2D eigenvalue weighted by molar-refractivity contribution is 6.34. The highest BCUT2D eigenvalue weighted by Crippen LogP contribution is 2.24. The van der Waals surface area contributed by atoms with Crippen LogP contribution in [0.25, 0.3) is 0 Å². The van der Waals surface area contributed by atoms with Crippen LogP contribution in [-0.4, -0.2) is 18.2 Å². The predicted molar refractivity (Wildman–Crippen MR) is 102 cm³/mol. The van der Waals surface area contributed by atoms with E-state index in [1.807, 2.05) is 42.5 Å². The van der Waals surface area contributed by atoms with Crippen LogP contribution in [0.3, 0.4) is 0 Å². The molecule has 0 spiro atoms. The smallest absolute Gasteiger partial charge is 0.277 e. The summed E-state index contributed by atoms with van der Waals surface area (Å²) < 4.78 is 5.49. The van der Waals surface area contributed by atoms with Crippen LogP contribution in [0.2, 0.25) is 5.02 Å². The number of hydrogen-bond acceptors (Lipinski definition) is 3. The van der Waals surface area contributed by atoms with Crippen LogP contribution in [0, 0.1) is 0 Å². The van der Waals surface area contributed by atoms with Gasteiger partial charge in [0.1, 0.15) is 5.75 Å². The van der Waals surface area contributed by atoms with Gasteiger partial charge in [0, 0.05) is 10.6 Å². The third-order valence-corrected chi connectivity index (χ3v) is 4.03. The van der Waals surface area contributed by atoms with E-state index in [9.17, 15) is 4.79 Å². The van der Waals surface area contributed by atoms with E-state index in [0.29, 0.717) is 16.5 Å². The Morgan fingerprint density at radius 2 is 1.76 bits per heavy atom. The summed E-state index contributed by atoms with van der Waals surface area (Å²) in [5, 5.41) is 4.66. The number of carbonyl (C=O) groups is 1. The minimum atomic E-state index is -0.327. The van der Waals surface area contributed by atoms with E-state index in [1.54, 1.807) is 13.0 Å². The maximum absolute atomic E-state index is 11.9. The van der Waals surface area contributed by atoms with Crippen LogP contribution < -0.4 is 10.2 Å². The van der Waals surface area contributed by atoms with Crippen molar-refractivity contribution in [2.24, 2.45) is 5.10 Å². The molecule has 5 heteroatoms. The second-order valence-electron chi connectivity index (χ2n) is 6.78. The summed E-state index contributed by atoms with van der Waals surface area (Å²) in [5.74, 6) is 0.321. The highest BCUT2D eigenvalue weighted by Gasteiger charge is 2.13. The van der Waals surface area contributed by atoms with Crippen LogP contribution in [0.1, 0.15) is 38.8 Å². The monoisotopic (exact) mass is 358 g/mol. The van der Waals surface area contributed by atoms with Crippen molar-refractivity contribution in [1.82, 2.24) is 5.43 Å². The molecular formula is C20H23ClN2O2. The number of nitrogens with one attached hydrogen (secondary N) is 1. The van der Waals surface area contributed by atoms with E-state index in [4.69, 9.17) is 16.3 Å². The summed E-state index contributed by atoms with van der Waals surface area (Å²) in [6.45, 7) is 8.13. The lowest BCUT2D eigenvalue weighted by Gasteiger charge is -2.19. The van der Waals surface area contributed by atoms with Gasteiger partial charge in [-0.3, -0.25) is 4.79 Å². The number of ether oxygens (including phenoxy) is 1. The fourth-order valence-electron chi connectivity index (χ4n) is 2.19. The van der Waals surface area contributed by atoms with Gasteiger partial charge in [0.15, 0.2) is 6.61 Å². The molecule has 25 heavy (non-hydrogen) atoms. The zero-order valence-electron chi connectivity index (χ0n) is 15.0. The molecule has 0 bridgehead atoms. The number of benzene rings is 2. The first-order valence-electron chi connectivity index (χ1n) is 8.09. The molecule has 0 aliphatic rings. The average Bonchev–Trinajstić information content (AvgIpc) is 2.58. The van der Waals surface area contributed by atoms with Gasteiger partial charge in [0.2, 0.25) is 0 Å². The van der Waals surface area contributed by atoms with Crippen molar-refractivity contribution in [2.45, 2.75) is 33.1 Å². The largest absolute Gasteiger partial charge is 0.484 e. The fourth-order valence-corrected chi connectivity index (χ4v) is 2.47. The third-order valence-electron chi connectivity index (χ3n) is 3.70. The van der Waals surface area contributed by atoms with Crippen LogP contribution in [0.15, 0.2) is 53.6 Å². The number of rotatable bonds is 5. The fraction of sp³-hybridized carbons (Fsp3) is 0.300. The maximum Gasteiger partial charge on any atom is 0.277 e. The zero-order valence-corrected chi connectivity index (χ0v) is 15.7. The van der Waals surface area contributed by atoms with Gasteiger partial charge >= 0.3 is 0 Å². The van der Waals surface area contributed by atoms with E-state index in [0.717, 1.165) is 5.56 Å². The van der Waals surface area contributed by atoms with Gasteiger partial charge in [-0.25, -0.2) is 5.43 Å². The Bertz CT molecular complexity index is 762. The second-order valence-corrected chi connectivity index (χ2v) is 7.18. The summed E-state index contributed by atoms with van der Waals surface area (Å²) in [6.07, 6.45) is 0. The number of amides is 1. The quantitative estimate of drug-likeness (QED) is 0.629. The van der Waals surface area contributed by atoms with E-state index in [-0.39, 0.29) is 17.9 Å². The van der Waals surface area contributed by atoms with E-state index in [1.165, 1.54) is 5.56 Å². The first kappa shape index (κ1) is 19.0. The molecule has 0 unspecified atom stereocenters. The molecule has 0 saturated heterocycles. The average molecular weight is 359 g/mol. The van der Waals surface area contributed by atoms with Crippen molar-refractivity contribution >= 4 is 23.2 Å². The lowest BCUT2D eigenvalue weighted by atomic mass is 9.87. The molecule has 1 amide bonds. The summed E-state index contributed by atoms with van der Waals surface area (Å²) in [5.41, 5.74) is 5.19. The molecule has 2 rings (SSSR count). The maximum atomic E-state index is 11.9. The molecule has 2 aromatic rings. The lowest BCUT2D eigenvalue weighted by molar-refractivity contribution is -0.123. The summed E-state index contributed by atoms with van der Waals surface area (Å²) in [6, 6.07) is 15.1. The van der Waals surface area contributed by atoms with E-state index in [2.05, 4.69) is 31.3 Å². The minimum absolute atomic E-state index is 0.0842. The molecule has 132 valence electrons. The van der Waals surface area contributed by atoms with Gasteiger partial charge in [-0.05, 0) is 36.1 Å². The van der Waals surface area contributed by atoms with Gasteiger partial charge in [-0.2, -0.15) is 5.10 Å². The Morgan fingerprint density at radius 3 is 2.36 bits per heavy atom. The van der Waals surface area contributed by atoms with Crippen LogP contribution >= 0.6 is 11.6 Å². The molecule has 0 atom stereocenters. The lowest BCUT2D eigenvalue weighted by Crippen LogP contribution is -2.25. The molecule has 0 heterocycles. The SMILES string of the molecule is C/C(=N/NC(=O)COc1ccc(C(C)(C)C)cc1)c1ccccc1Cl. The van der Waals surface area contributed by atoms with Crippen LogP contribution in [0.4, 0.5) is 0 Å². The first-order valence-corrected chi connectivity index (χ1v) is 8.46.